The van der Waals surface area contributed by atoms with E-state index in [-0.39, 0.29) is 5.91 Å². The standard InChI is InChI=1S/C23H26ClN3O/c24-20-9-6-18(7-10-20)17-26-12-3-13-27(15-14-26)23(28)11-8-19-16-25-22-5-2-1-4-21(19)22/h1-2,4-7,9-10,16,25H,3,8,11-15,17H2. The normalized spacial score (nSPS) is 15.7. The number of nitrogens with one attached hydrogen (secondary N) is 1. The Hall–Kier alpha value is -2.30. The molecule has 1 N–H and O–H groups in total. The molecule has 1 aliphatic rings. The lowest BCUT2D eigenvalue weighted by Crippen LogP contribution is -2.35. The summed E-state index contributed by atoms with van der Waals surface area (Å²) >= 11 is 5.97. The van der Waals surface area contributed by atoms with Gasteiger partial charge in [0.05, 0.1) is 0 Å². The first-order valence-corrected chi connectivity index (χ1v) is 10.4. The Bertz CT molecular complexity index is 934. The SMILES string of the molecule is O=C(CCc1c[nH]c2ccccc12)N1CCCN(Cc2ccc(Cl)cc2)CC1. The lowest BCUT2D eigenvalue weighted by atomic mass is 10.1. The smallest absolute Gasteiger partial charge is 0.222 e. The number of aromatic amines is 1. The molecule has 1 amide bonds. The van der Waals surface area contributed by atoms with Crippen molar-refractivity contribution in [3.8, 4) is 0 Å². The summed E-state index contributed by atoms with van der Waals surface area (Å²) in [5, 5.41) is 1.99. The van der Waals surface area contributed by atoms with Gasteiger partial charge >= 0.3 is 0 Å². The van der Waals surface area contributed by atoms with Gasteiger partial charge in [-0.1, -0.05) is 41.9 Å². The van der Waals surface area contributed by atoms with Crippen LogP contribution in [0.15, 0.2) is 54.7 Å². The number of carbonyl (C=O) groups excluding carboxylic acids is 1. The number of rotatable bonds is 5. The van der Waals surface area contributed by atoms with Crippen LogP contribution in [0.3, 0.4) is 0 Å². The molecule has 1 aliphatic heterocycles. The van der Waals surface area contributed by atoms with Crippen LogP contribution in [-0.2, 0) is 17.8 Å². The molecule has 5 heteroatoms. The van der Waals surface area contributed by atoms with Gasteiger partial charge in [-0.2, -0.15) is 0 Å². The highest BCUT2D eigenvalue weighted by molar-refractivity contribution is 6.30. The summed E-state index contributed by atoms with van der Waals surface area (Å²) in [5.74, 6) is 0.263. The van der Waals surface area contributed by atoms with Crippen molar-refractivity contribution in [3.05, 3.63) is 70.9 Å². The van der Waals surface area contributed by atoms with Crippen molar-refractivity contribution >= 4 is 28.4 Å². The second kappa shape index (κ2) is 8.80. The molecular weight excluding hydrogens is 370 g/mol. The quantitative estimate of drug-likeness (QED) is 0.691. The van der Waals surface area contributed by atoms with E-state index < -0.39 is 0 Å². The van der Waals surface area contributed by atoms with Gasteiger partial charge in [-0.15, -0.1) is 0 Å². The fourth-order valence-electron chi connectivity index (χ4n) is 3.96. The van der Waals surface area contributed by atoms with Gasteiger partial charge in [-0.05, 0) is 42.2 Å². The number of hydrogen-bond acceptors (Lipinski definition) is 2. The molecule has 146 valence electrons. The molecule has 0 spiro atoms. The Morgan fingerprint density at radius 3 is 2.68 bits per heavy atom. The lowest BCUT2D eigenvalue weighted by molar-refractivity contribution is -0.131. The van der Waals surface area contributed by atoms with E-state index in [0.29, 0.717) is 6.42 Å². The Morgan fingerprint density at radius 2 is 1.82 bits per heavy atom. The van der Waals surface area contributed by atoms with E-state index in [1.54, 1.807) is 0 Å². The second-order valence-corrected chi connectivity index (χ2v) is 7.93. The summed E-state index contributed by atoms with van der Waals surface area (Å²) in [6.45, 7) is 4.51. The zero-order chi connectivity index (χ0) is 19.3. The Labute approximate surface area is 171 Å². The maximum absolute atomic E-state index is 12.8. The number of halogens is 1. The van der Waals surface area contributed by atoms with Gasteiger partial charge in [0.2, 0.25) is 5.91 Å². The average molecular weight is 396 g/mol. The topological polar surface area (TPSA) is 39.3 Å². The molecular formula is C23H26ClN3O. The van der Waals surface area contributed by atoms with Crippen LogP contribution in [0.2, 0.25) is 5.02 Å². The maximum Gasteiger partial charge on any atom is 0.222 e. The number of amides is 1. The summed E-state index contributed by atoms with van der Waals surface area (Å²) in [4.78, 5) is 20.5. The molecule has 4 rings (SSSR count). The minimum Gasteiger partial charge on any atom is -0.361 e. The first-order chi connectivity index (χ1) is 13.7. The zero-order valence-electron chi connectivity index (χ0n) is 16.0. The molecule has 4 nitrogen and oxygen atoms in total. The predicted molar refractivity (Wildman–Crippen MR) is 115 cm³/mol. The van der Waals surface area contributed by atoms with Crippen molar-refractivity contribution in [2.75, 3.05) is 26.2 Å². The van der Waals surface area contributed by atoms with E-state index >= 15 is 0 Å². The van der Waals surface area contributed by atoms with Crippen molar-refractivity contribution in [1.29, 1.82) is 0 Å². The highest BCUT2D eigenvalue weighted by Gasteiger charge is 2.19. The molecule has 3 aromatic rings. The molecule has 1 aromatic heterocycles. The molecule has 28 heavy (non-hydrogen) atoms. The summed E-state index contributed by atoms with van der Waals surface area (Å²) < 4.78 is 0. The van der Waals surface area contributed by atoms with Crippen molar-refractivity contribution in [3.63, 3.8) is 0 Å². The van der Waals surface area contributed by atoms with Gasteiger partial charge in [-0.25, -0.2) is 0 Å². The molecule has 2 heterocycles. The van der Waals surface area contributed by atoms with Crippen LogP contribution in [-0.4, -0.2) is 46.9 Å². The van der Waals surface area contributed by atoms with E-state index in [2.05, 4.69) is 34.1 Å². The summed E-state index contributed by atoms with van der Waals surface area (Å²) in [6, 6.07) is 16.3. The van der Waals surface area contributed by atoms with Crippen molar-refractivity contribution in [2.24, 2.45) is 0 Å². The summed E-state index contributed by atoms with van der Waals surface area (Å²) in [6.07, 6.45) is 4.41. The monoisotopic (exact) mass is 395 g/mol. The van der Waals surface area contributed by atoms with Gasteiger partial charge in [0.25, 0.3) is 0 Å². The minimum atomic E-state index is 0.263. The van der Waals surface area contributed by atoms with Crippen LogP contribution in [0.4, 0.5) is 0 Å². The number of aromatic nitrogens is 1. The first kappa shape index (κ1) is 19.0. The van der Waals surface area contributed by atoms with Crippen LogP contribution in [0, 0.1) is 0 Å². The first-order valence-electron chi connectivity index (χ1n) is 9.98. The third-order valence-corrected chi connectivity index (χ3v) is 5.80. The van der Waals surface area contributed by atoms with Gasteiger partial charge in [0.1, 0.15) is 0 Å². The number of fused-ring (bicyclic) bond motifs is 1. The molecule has 2 aromatic carbocycles. The largest absolute Gasteiger partial charge is 0.361 e. The third kappa shape index (κ3) is 4.57. The number of hydrogen-bond donors (Lipinski definition) is 1. The number of carbonyl (C=O) groups is 1. The number of aryl methyl sites for hydroxylation is 1. The highest BCUT2D eigenvalue weighted by Crippen LogP contribution is 2.20. The lowest BCUT2D eigenvalue weighted by Gasteiger charge is -2.22. The number of nitrogens with zero attached hydrogens (tertiary/aromatic N) is 2. The summed E-state index contributed by atoms with van der Waals surface area (Å²) in [5.41, 5.74) is 3.63. The van der Waals surface area contributed by atoms with Gasteiger partial charge < -0.3 is 9.88 Å². The van der Waals surface area contributed by atoms with Crippen LogP contribution in [0.1, 0.15) is 24.0 Å². The highest BCUT2D eigenvalue weighted by atomic mass is 35.5. The van der Waals surface area contributed by atoms with E-state index in [1.807, 2.05) is 35.4 Å². The van der Waals surface area contributed by atoms with Gasteiger partial charge in [-0.3, -0.25) is 9.69 Å². The molecule has 0 unspecified atom stereocenters. The van der Waals surface area contributed by atoms with Crippen molar-refractivity contribution < 1.29 is 4.79 Å². The number of benzene rings is 2. The van der Waals surface area contributed by atoms with Crippen LogP contribution >= 0.6 is 11.6 Å². The van der Waals surface area contributed by atoms with E-state index in [0.717, 1.165) is 56.1 Å². The second-order valence-electron chi connectivity index (χ2n) is 7.50. The van der Waals surface area contributed by atoms with Crippen LogP contribution in [0.5, 0.6) is 0 Å². The van der Waals surface area contributed by atoms with Crippen molar-refractivity contribution in [1.82, 2.24) is 14.8 Å². The van der Waals surface area contributed by atoms with E-state index in [1.165, 1.54) is 16.5 Å². The van der Waals surface area contributed by atoms with Gasteiger partial charge in [0, 0.05) is 61.3 Å². The van der Waals surface area contributed by atoms with Crippen LogP contribution in [0.25, 0.3) is 10.9 Å². The fourth-order valence-corrected chi connectivity index (χ4v) is 4.09. The van der Waals surface area contributed by atoms with E-state index in [9.17, 15) is 4.79 Å². The molecule has 0 saturated carbocycles. The molecule has 1 fully saturated rings. The Kier molecular flexibility index (Phi) is 5.98. The molecule has 1 saturated heterocycles. The number of H-pyrrole nitrogens is 1. The fraction of sp³-hybridized carbons (Fsp3) is 0.348. The number of para-hydroxylation sites is 1. The predicted octanol–water partition coefficient (Wildman–Crippen LogP) is 4.49. The van der Waals surface area contributed by atoms with Crippen LogP contribution < -0.4 is 0 Å². The third-order valence-electron chi connectivity index (χ3n) is 5.54. The molecule has 0 atom stereocenters. The van der Waals surface area contributed by atoms with Crippen molar-refractivity contribution in [2.45, 2.75) is 25.8 Å². The maximum atomic E-state index is 12.8. The Morgan fingerprint density at radius 1 is 1.00 bits per heavy atom. The molecule has 0 aliphatic carbocycles. The molecule has 0 radical (unpaired) electrons. The average Bonchev–Trinajstić information content (AvgIpc) is 2.98. The zero-order valence-corrected chi connectivity index (χ0v) is 16.8. The van der Waals surface area contributed by atoms with Gasteiger partial charge in [0.15, 0.2) is 0 Å². The minimum absolute atomic E-state index is 0.263. The molecule has 0 bridgehead atoms. The Balaban J connectivity index is 1.30. The summed E-state index contributed by atoms with van der Waals surface area (Å²) in [7, 11) is 0. The van der Waals surface area contributed by atoms with E-state index in [4.69, 9.17) is 11.6 Å².